The number of benzene rings is 2. The van der Waals surface area contributed by atoms with E-state index < -0.39 is 10.0 Å². The Morgan fingerprint density at radius 2 is 1.82 bits per heavy atom. The minimum absolute atomic E-state index is 0.189. The molecule has 1 aliphatic rings. The van der Waals surface area contributed by atoms with Gasteiger partial charge >= 0.3 is 0 Å². The molecule has 2 aromatic heterocycles. The summed E-state index contributed by atoms with van der Waals surface area (Å²) < 4.78 is 36.6. The van der Waals surface area contributed by atoms with Crippen molar-refractivity contribution < 1.29 is 8.42 Å². The average molecular weight is 513 g/mol. The lowest BCUT2D eigenvalue weighted by Gasteiger charge is -2.38. The van der Waals surface area contributed by atoms with Gasteiger partial charge in [0.2, 0.25) is 15.2 Å². The molecular weight excluding hydrogens is 488 g/mol. The van der Waals surface area contributed by atoms with Crippen LogP contribution in [0, 0.1) is 6.92 Å². The summed E-state index contributed by atoms with van der Waals surface area (Å²) in [6.07, 6.45) is 0.688. The Hall–Kier alpha value is -2.73. The first-order valence-electron chi connectivity index (χ1n) is 10.9. The summed E-state index contributed by atoms with van der Waals surface area (Å²) in [7, 11) is -3.60. The molecule has 2 aromatic carbocycles. The number of hydrogen-bond donors (Lipinski definition) is 0. The number of aryl methyl sites for hydroxylation is 1. The van der Waals surface area contributed by atoms with E-state index in [2.05, 4.69) is 50.0 Å². The molecule has 0 bridgehead atoms. The summed E-state index contributed by atoms with van der Waals surface area (Å²) in [6, 6.07) is 15.0. The average Bonchev–Trinajstić information content (AvgIpc) is 3.53. The van der Waals surface area contributed by atoms with Crippen molar-refractivity contribution >= 4 is 38.2 Å². The van der Waals surface area contributed by atoms with Gasteiger partial charge in [0.25, 0.3) is 0 Å². The SMILES string of the molecule is Cc1ccc(Cc2nsc(N3CCN(S(=O)(=O)c4ccc(-c5csnn5)cc4)C(C)C3)n2)cc1. The molecule has 11 heteroatoms. The van der Waals surface area contributed by atoms with Crippen molar-refractivity contribution in [3.05, 3.63) is 70.9 Å². The van der Waals surface area contributed by atoms with E-state index in [0.29, 0.717) is 26.1 Å². The number of anilines is 1. The fourth-order valence-electron chi connectivity index (χ4n) is 4.03. The van der Waals surface area contributed by atoms with Gasteiger partial charge in [-0.15, -0.1) is 5.10 Å². The Morgan fingerprint density at radius 3 is 2.50 bits per heavy atom. The maximum atomic E-state index is 13.3. The van der Waals surface area contributed by atoms with E-state index in [1.165, 1.54) is 34.2 Å². The second-order valence-corrected chi connectivity index (χ2v) is 11.6. The standard InChI is InChI=1S/C23H24N6O2S3/c1-16-3-5-18(6-4-16)13-22-24-23(33-26-22)28-11-12-29(17(2)14-28)34(30,31)20-9-7-19(8-10-20)21-15-32-27-25-21/h3-10,15,17H,11-14H2,1-2H3. The van der Waals surface area contributed by atoms with Gasteiger partial charge in [0.1, 0.15) is 11.5 Å². The van der Waals surface area contributed by atoms with Crippen LogP contribution in [0.25, 0.3) is 11.3 Å². The smallest absolute Gasteiger partial charge is 0.243 e. The normalized spacial score (nSPS) is 17.2. The van der Waals surface area contributed by atoms with Gasteiger partial charge in [-0.2, -0.15) is 8.68 Å². The molecule has 1 unspecified atom stereocenters. The Bertz CT molecular complexity index is 1350. The van der Waals surface area contributed by atoms with Gasteiger partial charge in [0, 0.05) is 54.6 Å². The zero-order valence-electron chi connectivity index (χ0n) is 18.8. The fourth-order valence-corrected chi connectivity index (χ4v) is 6.83. The van der Waals surface area contributed by atoms with Crippen LogP contribution in [0.1, 0.15) is 23.9 Å². The molecule has 1 fully saturated rings. The summed E-state index contributed by atoms with van der Waals surface area (Å²) >= 11 is 2.64. The minimum Gasteiger partial charge on any atom is -0.344 e. The molecule has 0 N–H and O–H groups in total. The zero-order valence-corrected chi connectivity index (χ0v) is 21.3. The molecule has 1 aliphatic heterocycles. The molecule has 3 heterocycles. The molecular formula is C23H24N6O2S3. The molecule has 8 nitrogen and oxygen atoms in total. The third-order valence-electron chi connectivity index (χ3n) is 5.89. The Morgan fingerprint density at radius 1 is 1.06 bits per heavy atom. The van der Waals surface area contributed by atoms with Crippen molar-refractivity contribution in [3.63, 3.8) is 0 Å². The number of nitrogens with zero attached hydrogens (tertiary/aromatic N) is 6. The van der Waals surface area contributed by atoms with Crippen molar-refractivity contribution in [2.75, 3.05) is 24.5 Å². The van der Waals surface area contributed by atoms with Crippen LogP contribution >= 0.6 is 23.1 Å². The van der Waals surface area contributed by atoms with Crippen LogP contribution in [0.3, 0.4) is 0 Å². The summed E-state index contributed by atoms with van der Waals surface area (Å²) in [5.74, 6) is 0.793. The number of hydrogen-bond acceptors (Lipinski definition) is 9. The van der Waals surface area contributed by atoms with Gasteiger partial charge < -0.3 is 4.90 Å². The van der Waals surface area contributed by atoms with Crippen LogP contribution in [0.15, 0.2) is 58.8 Å². The molecule has 5 rings (SSSR count). The molecule has 34 heavy (non-hydrogen) atoms. The first-order chi connectivity index (χ1) is 16.4. The van der Waals surface area contributed by atoms with Gasteiger partial charge in [-0.3, -0.25) is 0 Å². The van der Waals surface area contributed by atoms with Crippen molar-refractivity contribution in [3.8, 4) is 11.3 Å². The van der Waals surface area contributed by atoms with Crippen LogP contribution in [0.4, 0.5) is 5.13 Å². The van der Waals surface area contributed by atoms with E-state index in [0.717, 1.165) is 22.2 Å². The molecule has 176 valence electrons. The van der Waals surface area contributed by atoms with Crippen LogP contribution in [-0.2, 0) is 16.4 Å². The maximum Gasteiger partial charge on any atom is 0.243 e. The summed E-state index contributed by atoms with van der Waals surface area (Å²) in [6.45, 7) is 5.55. The van der Waals surface area contributed by atoms with Gasteiger partial charge in [-0.1, -0.05) is 46.4 Å². The molecule has 4 aromatic rings. The molecule has 0 spiro atoms. The monoisotopic (exact) mass is 512 g/mol. The molecule has 1 atom stereocenters. The molecule has 0 radical (unpaired) electrons. The molecule has 0 amide bonds. The topological polar surface area (TPSA) is 92.2 Å². The van der Waals surface area contributed by atoms with Crippen molar-refractivity contribution in [1.82, 2.24) is 23.2 Å². The number of rotatable bonds is 6. The van der Waals surface area contributed by atoms with E-state index >= 15 is 0 Å². The Kier molecular flexibility index (Phi) is 6.43. The molecule has 0 saturated carbocycles. The lowest BCUT2D eigenvalue weighted by Crippen LogP contribution is -2.54. The highest BCUT2D eigenvalue weighted by atomic mass is 32.2. The number of aromatic nitrogens is 4. The molecule has 1 saturated heterocycles. The third kappa shape index (κ3) is 4.74. The van der Waals surface area contributed by atoms with Crippen LogP contribution in [-0.4, -0.2) is 57.3 Å². The van der Waals surface area contributed by atoms with Gasteiger partial charge in [0.05, 0.1) is 4.90 Å². The van der Waals surface area contributed by atoms with E-state index in [9.17, 15) is 8.42 Å². The second kappa shape index (κ2) is 9.49. The maximum absolute atomic E-state index is 13.3. The third-order valence-corrected chi connectivity index (χ3v) is 9.24. The van der Waals surface area contributed by atoms with Gasteiger partial charge in [-0.25, -0.2) is 13.4 Å². The quantitative estimate of drug-likeness (QED) is 0.387. The first-order valence-corrected chi connectivity index (χ1v) is 14.0. The van der Waals surface area contributed by atoms with Crippen LogP contribution in [0.2, 0.25) is 0 Å². The number of sulfonamides is 1. The van der Waals surface area contributed by atoms with Gasteiger partial charge in [-0.05, 0) is 43.1 Å². The van der Waals surface area contributed by atoms with Crippen molar-refractivity contribution in [2.24, 2.45) is 0 Å². The summed E-state index contributed by atoms with van der Waals surface area (Å²) in [5, 5.41) is 6.72. The van der Waals surface area contributed by atoms with E-state index in [-0.39, 0.29) is 10.9 Å². The zero-order chi connectivity index (χ0) is 23.7. The Labute approximate surface area is 207 Å². The van der Waals surface area contributed by atoms with Crippen molar-refractivity contribution in [2.45, 2.75) is 31.2 Å². The predicted octanol–water partition coefficient (Wildman–Crippen LogP) is 3.86. The largest absolute Gasteiger partial charge is 0.344 e. The van der Waals surface area contributed by atoms with Crippen molar-refractivity contribution in [1.29, 1.82) is 0 Å². The summed E-state index contributed by atoms with van der Waals surface area (Å²) in [5.41, 5.74) is 4.00. The lowest BCUT2D eigenvalue weighted by molar-refractivity contribution is 0.306. The molecule has 0 aliphatic carbocycles. The fraction of sp³-hybridized carbons (Fsp3) is 0.304. The van der Waals surface area contributed by atoms with E-state index in [1.807, 2.05) is 12.3 Å². The minimum atomic E-state index is -3.60. The van der Waals surface area contributed by atoms with Crippen LogP contribution in [0.5, 0.6) is 0 Å². The second-order valence-electron chi connectivity index (χ2n) is 8.38. The highest BCUT2D eigenvalue weighted by molar-refractivity contribution is 7.89. The van der Waals surface area contributed by atoms with E-state index in [1.54, 1.807) is 28.6 Å². The predicted molar refractivity (Wildman–Crippen MR) is 135 cm³/mol. The van der Waals surface area contributed by atoms with E-state index in [4.69, 9.17) is 4.98 Å². The first kappa shape index (κ1) is 23.0. The Balaban J connectivity index is 1.25. The summed E-state index contributed by atoms with van der Waals surface area (Å²) in [4.78, 5) is 7.14. The highest BCUT2D eigenvalue weighted by Gasteiger charge is 2.34. The lowest BCUT2D eigenvalue weighted by atomic mass is 10.1. The van der Waals surface area contributed by atoms with Gasteiger partial charge in [0.15, 0.2) is 0 Å². The number of piperazine rings is 1. The highest BCUT2D eigenvalue weighted by Crippen LogP contribution is 2.27. The van der Waals surface area contributed by atoms with Crippen LogP contribution < -0.4 is 4.90 Å².